The van der Waals surface area contributed by atoms with Crippen molar-refractivity contribution in [2.24, 2.45) is 5.73 Å². The molecule has 0 unspecified atom stereocenters. The van der Waals surface area contributed by atoms with Gasteiger partial charge < -0.3 is 21.1 Å². The van der Waals surface area contributed by atoms with Crippen LogP contribution in [0.5, 0.6) is 0 Å². The SMILES string of the molecule is C[C@@H](OC(=O)c1cccc(NC(N)=O)c1)C(=O)N[C@@H]1CCCc2ccccc21. The fourth-order valence-corrected chi connectivity index (χ4v) is 3.34. The Morgan fingerprint density at radius 2 is 1.93 bits per heavy atom. The summed E-state index contributed by atoms with van der Waals surface area (Å²) in [6.07, 6.45) is 1.90. The number of hydrogen-bond donors (Lipinski definition) is 3. The van der Waals surface area contributed by atoms with Crippen molar-refractivity contribution in [3.8, 4) is 0 Å². The minimum absolute atomic E-state index is 0.0818. The predicted octanol–water partition coefficient (Wildman–Crippen LogP) is 2.92. The number of nitrogens with two attached hydrogens (primary N) is 1. The highest BCUT2D eigenvalue weighted by molar-refractivity contribution is 5.95. The second-order valence-corrected chi connectivity index (χ2v) is 6.77. The lowest BCUT2D eigenvalue weighted by Crippen LogP contribution is -2.39. The van der Waals surface area contributed by atoms with Crippen LogP contribution in [0.4, 0.5) is 10.5 Å². The number of benzene rings is 2. The first-order chi connectivity index (χ1) is 13.4. The Bertz CT molecular complexity index is 897. The van der Waals surface area contributed by atoms with Gasteiger partial charge in [0.2, 0.25) is 0 Å². The van der Waals surface area contributed by atoms with E-state index in [2.05, 4.69) is 16.7 Å². The van der Waals surface area contributed by atoms with E-state index in [0.717, 1.165) is 24.8 Å². The van der Waals surface area contributed by atoms with E-state index >= 15 is 0 Å². The Balaban J connectivity index is 1.62. The predicted molar refractivity (Wildman–Crippen MR) is 105 cm³/mol. The lowest BCUT2D eigenvalue weighted by atomic mass is 9.87. The molecule has 28 heavy (non-hydrogen) atoms. The van der Waals surface area contributed by atoms with Crippen LogP contribution >= 0.6 is 0 Å². The van der Waals surface area contributed by atoms with Crippen LogP contribution in [0.3, 0.4) is 0 Å². The number of carbonyl (C=O) groups is 3. The van der Waals surface area contributed by atoms with Crippen LogP contribution in [0.1, 0.15) is 47.3 Å². The van der Waals surface area contributed by atoms with E-state index in [1.54, 1.807) is 12.1 Å². The summed E-state index contributed by atoms with van der Waals surface area (Å²) in [4.78, 5) is 35.8. The molecule has 1 aliphatic carbocycles. The van der Waals surface area contributed by atoms with Crippen molar-refractivity contribution < 1.29 is 19.1 Å². The van der Waals surface area contributed by atoms with Gasteiger partial charge >= 0.3 is 12.0 Å². The van der Waals surface area contributed by atoms with Crippen molar-refractivity contribution in [2.45, 2.75) is 38.3 Å². The van der Waals surface area contributed by atoms with E-state index in [-0.39, 0.29) is 17.5 Å². The van der Waals surface area contributed by atoms with Crippen molar-refractivity contribution in [1.82, 2.24) is 5.32 Å². The molecule has 2 aromatic carbocycles. The van der Waals surface area contributed by atoms with Gasteiger partial charge in [-0.3, -0.25) is 4.79 Å². The molecule has 0 saturated heterocycles. The molecule has 1 aliphatic rings. The molecular formula is C21H23N3O4. The van der Waals surface area contributed by atoms with Crippen LogP contribution in [0.15, 0.2) is 48.5 Å². The number of carbonyl (C=O) groups excluding carboxylic acids is 3. The summed E-state index contributed by atoms with van der Waals surface area (Å²) < 4.78 is 5.29. The van der Waals surface area contributed by atoms with Crippen molar-refractivity contribution in [1.29, 1.82) is 0 Å². The third kappa shape index (κ3) is 4.68. The molecule has 3 amide bonds. The van der Waals surface area contributed by atoms with Crippen LogP contribution in [0.2, 0.25) is 0 Å². The number of rotatable bonds is 5. The Kier molecular flexibility index (Phi) is 5.93. The number of nitrogens with one attached hydrogen (secondary N) is 2. The summed E-state index contributed by atoms with van der Waals surface area (Å²) in [5, 5.41) is 5.37. The highest BCUT2D eigenvalue weighted by Gasteiger charge is 2.25. The summed E-state index contributed by atoms with van der Waals surface area (Å²) in [6.45, 7) is 1.54. The molecule has 7 nitrogen and oxygen atoms in total. The van der Waals surface area contributed by atoms with Crippen molar-refractivity contribution >= 4 is 23.6 Å². The number of fused-ring (bicyclic) bond motifs is 1. The van der Waals surface area contributed by atoms with Gasteiger partial charge in [-0.05, 0) is 55.5 Å². The van der Waals surface area contributed by atoms with E-state index in [1.807, 2.05) is 18.2 Å². The molecule has 0 fully saturated rings. The average molecular weight is 381 g/mol. The maximum Gasteiger partial charge on any atom is 0.338 e. The molecule has 0 spiro atoms. The number of anilines is 1. The first-order valence-corrected chi connectivity index (χ1v) is 9.19. The molecule has 7 heteroatoms. The molecule has 0 aromatic heterocycles. The van der Waals surface area contributed by atoms with Gasteiger partial charge in [0.1, 0.15) is 0 Å². The van der Waals surface area contributed by atoms with Gasteiger partial charge in [0.15, 0.2) is 6.10 Å². The van der Waals surface area contributed by atoms with Crippen molar-refractivity contribution in [3.05, 3.63) is 65.2 Å². The van der Waals surface area contributed by atoms with Gasteiger partial charge in [-0.25, -0.2) is 9.59 Å². The Labute approximate surface area is 163 Å². The lowest BCUT2D eigenvalue weighted by Gasteiger charge is -2.27. The zero-order valence-electron chi connectivity index (χ0n) is 15.6. The third-order valence-electron chi connectivity index (χ3n) is 4.70. The average Bonchev–Trinajstić information content (AvgIpc) is 2.68. The molecule has 2 atom stereocenters. The van der Waals surface area contributed by atoms with Crippen molar-refractivity contribution in [2.75, 3.05) is 5.32 Å². The Hall–Kier alpha value is -3.35. The summed E-state index contributed by atoms with van der Waals surface area (Å²) in [7, 11) is 0. The highest BCUT2D eigenvalue weighted by Crippen LogP contribution is 2.29. The summed E-state index contributed by atoms with van der Waals surface area (Å²) in [5.41, 5.74) is 8.02. The zero-order valence-corrected chi connectivity index (χ0v) is 15.6. The maximum absolute atomic E-state index is 12.5. The van der Waals surface area contributed by atoms with Crippen LogP contribution in [-0.2, 0) is 16.0 Å². The van der Waals surface area contributed by atoms with Gasteiger partial charge in [-0.15, -0.1) is 0 Å². The Morgan fingerprint density at radius 1 is 1.14 bits per heavy atom. The minimum Gasteiger partial charge on any atom is -0.449 e. The lowest BCUT2D eigenvalue weighted by molar-refractivity contribution is -0.130. The summed E-state index contributed by atoms with van der Waals surface area (Å²) in [6, 6.07) is 13.4. The molecule has 0 aliphatic heterocycles. The normalized spacial score (nSPS) is 16.4. The van der Waals surface area contributed by atoms with E-state index in [4.69, 9.17) is 10.5 Å². The van der Waals surface area contributed by atoms with E-state index in [9.17, 15) is 14.4 Å². The van der Waals surface area contributed by atoms with Gasteiger partial charge in [0.05, 0.1) is 11.6 Å². The Morgan fingerprint density at radius 3 is 2.71 bits per heavy atom. The molecule has 0 heterocycles. The van der Waals surface area contributed by atoms with Gasteiger partial charge in [0, 0.05) is 5.69 Å². The molecule has 146 valence electrons. The maximum atomic E-state index is 12.5. The highest BCUT2D eigenvalue weighted by atomic mass is 16.5. The molecule has 3 rings (SSSR count). The molecular weight excluding hydrogens is 358 g/mol. The summed E-state index contributed by atoms with van der Waals surface area (Å²) in [5.74, 6) is -0.999. The van der Waals surface area contributed by atoms with Crippen LogP contribution in [0.25, 0.3) is 0 Å². The second kappa shape index (κ2) is 8.56. The molecule has 0 radical (unpaired) electrons. The standard InChI is InChI=1S/C21H23N3O4/c1-13(28-20(26)15-8-4-9-16(12-15)23-21(22)27)19(25)24-18-11-5-7-14-6-2-3-10-17(14)18/h2-4,6,8-10,12-13,18H,5,7,11H2,1H3,(H,24,25)(H3,22,23,27)/t13-,18-/m1/s1. The largest absolute Gasteiger partial charge is 0.449 e. The number of aryl methyl sites for hydroxylation is 1. The van der Waals surface area contributed by atoms with Crippen molar-refractivity contribution in [3.63, 3.8) is 0 Å². The number of urea groups is 1. The first kappa shape index (κ1) is 19.4. The van der Waals surface area contributed by atoms with E-state index in [1.165, 1.54) is 24.6 Å². The van der Waals surface area contributed by atoms with Gasteiger partial charge in [-0.2, -0.15) is 0 Å². The number of esters is 1. The van der Waals surface area contributed by atoms with Crippen LogP contribution in [-0.4, -0.2) is 24.0 Å². The number of ether oxygens (including phenoxy) is 1. The number of hydrogen-bond acceptors (Lipinski definition) is 4. The first-order valence-electron chi connectivity index (χ1n) is 9.19. The fraction of sp³-hybridized carbons (Fsp3) is 0.286. The molecule has 0 bridgehead atoms. The zero-order chi connectivity index (χ0) is 20.1. The quantitative estimate of drug-likeness (QED) is 0.692. The smallest absolute Gasteiger partial charge is 0.338 e. The second-order valence-electron chi connectivity index (χ2n) is 6.77. The molecule has 4 N–H and O–H groups in total. The summed E-state index contributed by atoms with van der Waals surface area (Å²) >= 11 is 0. The van der Waals surface area contributed by atoms with Gasteiger partial charge in [0.25, 0.3) is 5.91 Å². The van der Waals surface area contributed by atoms with E-state index < -0.39 is 18.1 Å². The molecule has 2 aromatic rings. The molecule has 0 saturated carbocycles. The fourth-order valence-electron chi connectivity index (χ4n) is 3.34. The van der Waals surface area contributed by atoms with Gasteiger partial charge in [-0.1, -0.05) is 30.3 Å². The van der Waals surface area contributed by atoms with E-state index in [0.29, 0.717) is 5.69 Å². The number of amides is 3. The van der Waals surface area contributed by atoms with Crippen LogP contribution < -0.4 is 16.4 Å². The topological polar surface area (TPSA) is 111 Å². The number of primary amides is 1. The third-order valence-corrected chi connectivity index (χ3v) is 4.70. The van der Waals surface area contributed by atoms with Crippen LogP contribution in [0, 0.1) is 0 Å². The monoisotopic (exact) mass is 381 g/mol. The minimum atomic E-state index is -0.950.